The second kappa shape index (κ2) is 6.62. The predicted molar refractivity (Wildman–Crippen MR) is 90.9 cm³/mol. The van der Waals surface area contributed by atoms with E-state index in [1.54, 1.807) is 50.6 Å². The highest BCUT2D eigenvalue weighted by atomic mass is 16.5. The Labute approximate surface area is 139 Å². The molecule has 3 rings (SSSR count). The molecule has 0 saturated carbocycles. The Balaban J connectivity index is 1.84. The van der Waals surface area contributed by atoms with Crippen molar-refractivity contribution in [2.24, 2.45) is 0 Å². The summed E-state index contributed by atoms with van der Waals surface area (Å²) >= 11 is 0. The minimum Gasteiger partial charge on any atom is -0.497 e. The number of carbonyl (C=O) groups excluding carboxylic acids is 2. The number of anilines is 2. The fourth-order valence-corrected chi connectivity index (χ4v) is 2.63. The fraction of sp³-hybridized carbons (Fsp3) is 0.222. The Bertz CT molecular complexity index is 802. The van der Waals surface area contributed by atoms with Crippen LogP contribution >= 0.6 is 0 Å². The van der Waals surface area contributed by atoms with Gasteiger partial charge in [0.15, 0.2) is 0 Å². The number of fused-ring (bicyclic) bond motifs is 1. The molecule has 2 aromatic carbocycles. The molecule has 2 aromatic rings. The van der Waals surface area contributed by atoms with Gasteiger partial charge in [-0.3, -0.25) is 9.59 Å². The normalized spacial score (nSPS) is 12.8. The highest BCUT2D eigenvalue weighted by Crippen LogP contribution is 2.30. The number of hydrogen-bond acceptors (Lipinski definition) is 4. The summed E-state index contributed by atoms with van der Waals surface area (Å²) in [6, 6.07) is 10.4. The number of carbonyl (C=O) groups is 2. The summed E-state index contributed by atoms with van der Waals surface area (Å²) in [6.07, 6.45) is 1.06. The number of ether oxygens (including phenoxy) is 2. The molecule has 0 radical (unpaired) electrons. The molecule has 124 valence electrons. The summed E-state index contributed by atoms with van der Waals surface area (Å²) < 4.78 is 10.4. The van der Waals surface area contributed by atoms with Crippen molar-refractivity contribution in [1.82, 2.24) is 0 Å². The van der Waals surface area contributed by atoms with E-state index in [2.05, 4.69) is 10.6 Å². The van der Waals surface area contributed by atoms with Crippen LogP contribution in [0.1, 0.15) is 22.3 Å². The molecular formula is C18H18N2O4. The number of methoxy groups -OCH3 is 2. The van der Waals surface area contributed by atoms with Gasteiger partial charge in [0.05, 0.1) is 19.9 Å². The highest BCUT2D eigenvalue weighted by Gasteiger charge is 2.17. The quantitative estimate of drug-likeness (QED) is 0.906. The smallest absolute Gasteiger partial charge is 0.255 e. The minimum absolute atomic E-state index is 0.000758. The van der Waals surface area contributed by atoms with Crippen molar-refractivity contribution < 1.29 is 19.1 Å². The molecule has 0 unspecified atom stereocenters. The lowest BCUT2D eigenvalue weighted by Crippen LogP contribution is -2.20. The van der Waals surface area contributed by atoms with E-state index in [1.807, 2.05) is 0 Å². The largest absolute Gasteiger partial charge is 0.497 e. The first-order valence-corrected chi connectivity index (χ1v) is 7.57. The monoisotopic (exact) mass is 326 g/mol. The van der Waals surface area contributed by atoms with Crippen LogP contribution in [0.2, 0.25) is 0 Å². The molecule has 1 heterocycles. The van der Waals surface area contributed by atoms with E-state index in [9.17, 15) is 9.59 Å². The molecule has 0 aromatic heterocycles. The van der Waals surface area contributed by atoms with Gasteiger partial charge in [0.2, 0.25) is 5.91 Å². The van der Waals surface area contributed by atoms with Crippen LogP contribution in [-0.2, 0) is 11.2 Å². The average molecular weight is 326 g/mol. The van der Waals surface area contributed by atoms with Crippen molar-refractivity contribution >= 4 is 23.2 Å². The molecule has 2 N–H and O–H groups in total. The molecule has 0 bridgehead atoms. The van der Waals surface area contributed by atoms with Crippen LogP contribution < -0.4 is 20.1 Å². The van der Waals surface area contributed by atoms with Gasteiger partial charge in [0.25, 0.3) is 5.91 Å². The van der Waals surface area contributed by atoms with E-state index in [0.717, 1.165) is 11.3 Å². The summed E-state index contributed by atoms with van der Waals surface area (Å²) in [5, 5.41) is 5.64. The number of amides is 2. The third-order valence-electron chi connectivity index (χ3n) is 3.92. The first-order valence-electron chi connectivity index (χ1n) is 7.57. The molecular weight excluding hydrogens is 308 g/mol. The van der Waals surface area contributed by atoms with Crippen LogP contribution in [0.15, 0.2) is 36.4 Å². The van der Waals surface area contributed by atoms with Crippen LogP contribution in [0.5, 0.6) is 11.5 Å². The Hall–Kier alpha value is -3.02. The Morgan fingerprint density at radius 3 is 2.67 bits per heavy atom. The van der Waals surface area contributed by atoms with E-state index in [-0.39, 0.29) is 11.8 Å². The molecule has 1 aliphatic rings. The van der Waals surface area contributed by atoms with Crippen LogP contribution in [0.25, 0.3) is 0 Å². The van der Waals surface area contributed by atoms with Gasteiger partial charge in [-0.05, 0) is 42.3 Å². The Morgan fingerprint density at radius 2 is 1.92 bits per heavy atom. The molecule has 0 aliphatic carbocycles. The fourth-order valence-electron chi connectivity index (χ4n) is 2.63. The van der Waals surface area contributed by atoms with E-state index >= 15 is 0 Å². The molecule has 0 saturated heterocycles. The lowest BCUT2D eigenvalue weighted by Gasteiger charge is -2.17. The van der Waals surface area contributed by atoms with Gasteiger partial charge in [0, 0.05) is 23.7 Å². The van der Waals surface area contributed by atoms with Gasteiger partial charge in [0.1, 0.15) is 11.5 Å². The predicted octanol–water partition coefficient (Wildman–Crippen LogP) is 2.84. The Kier molecular flexibility index (Phi) is 4.37. The lowest BCUT2D eigenvalue weighted by atomic mass is 10.00. The van der Waals surface area contributed by atoms with Crippen molar-refractivity contribution in [1.29, 1.82) is 0 Å². The van der Waals surface area contributed by atoms with Crippen molar-refractivity contribution in [2.75, 3.05) is 24.9 Å². The zero-order valence-electron chi connectivity index (χ0n) is 13.5. The summed E-state index contributed by atoms with van der Waals surface area (Å²) in [5.74, 6) is 0.927. The molecule has 0 fully saturated rings. The molecule has 24 heavy (non-hydrogen) atoms. The molecule has 2 amide bonds. The zero-order chi connectivity index (χ0) is 17.1. The first kappa shape index (κ1) is 15.9. The van der Waals surface area contributed by atoms with Crippen molar-refractivity contribution in [3.63, 3.8) is 0 Å². The maximum Gasteiger partial charge on any atom is 0.255 e. The molecule has 6 heteroatoms. The third-order valence-corrected chi connectivity index (χ3v) is 3.92. The molecule has 0 atom stereocenters. The summed E-state index contributed by atoms with van der Waals surface area (Å²) in [6.45, 7) is 0. The summed E-state index contributed by atoms with van der Waals surface area (Å²) in [7, 11) is 3.10. The van der Waals surface area contributed by atoms with Gasteiger partial charge >= 0.3 is 0 Å². The molecule has 1 aliphatic heterocycles. The standard InChI is InChI=1S/C18H18N2O4/c1-23-13-5-7-16(24-2)15(10-13)20-18(22)12-3-6-14-11(9-12)4-8-17(21)19-14/h3,5-7,9-10H,4,8H2,1-2H3,(H,19,21)(H,20,22). The van der Waals surface area contributed by atoms with Gasteiger partial charge < -0.3 is 20.1 Å². The van der Waals surface area contributed by atoms with Crippen molar-refractivity contribution in [3.8, 4) is 11.5 Å². The zero-order valence-corrected chi connectivity index (χ0v) is 13.5. The summed E-state index contributed by atoms with van der Waals surface area (Å²) in [4.78, 5) is 23.9. The minimum atomic E-state index is -0.249. The first-order chi connectivity index (χ1) is 11.6. The number of aryl methyl sites for hydroxylation is 1. The number of hydrogen-bond donors (Lipinski definition) is 2. The van der Waals surface area contributed by atoms with Crippen LogP contribution in [0.3, 0.4) is 0 Å². The lowest BCUT2D eigenvalue weighted by molar-refractivity contribution is -0.116. The van der Waals surface area contributed by atoms with Crippen molar-refractivity contribution in [3.05, 3.63) is 47.5 Å². The van der Waals surface area contributed by atoms with Crippen molar-refractivity contribution in [2.45, 2.75) is 12.8 Å². The third kappa shape index (κ3) is 3.17. The van der Waals surface area contributed by atoms with Crippen LogP contribution in [0, 0.1) is 0 Å². The number of nitrogens with one attached hydrogen (secondary N) is 2. The number of benzene rings is 2. The van der Waals surface area contributed by atoms with Crippen LogP contribution in [-0.4, -0.2) is 26.0 Å². The van der Waals surface area contributed by atoms with E-state index in [1.165, 1.54) is 0 Å². The Morgan fingerprint density at radius 1 is 1.08 bits per heavy atom. The van der Waals surface area contributed by atoms with Crippen LogP contribution in [0.4, 0.5) is 11.4 Å². The SMILES string of the molecule is COc1ccc(OC)c(NC(=O)c2ccc3c(c2)CCC(=O)N3)c1. The average Bonchev–Trinajstić information content (AvgIpc) is 2.61. The number of rotatable bonds is 4. The second-order valence-electron chi connectivity index (χ2n) is 5.44. The molecule has 6 nitrogen and oxygen atoms in total. The summed E-state index contributed by atoms with van der Waals surface area (Å²) in [5.41, 5.74) is 2.78. The molecule has 0 spiro atoms. The maximum absolute atomic E-state index is 12.5. The second-order valence-corrected chi connectivity index (χ2v) is 5.44. The van der Waals surface area contributed by atoms with E-state index < -0.39 is 0 Å². The van der Waals surface area contributed by atoms with Gasteiger partial charge in [-0.1, -0.05) is 0 Å². The van der Waals surface area contributed by atoms with E-state index in [0.29, 0.717) is 35.6 Å². The topological polar surface area (TPSA) is 76.7 Å². The van der Waals surface area contributed by atoms with Gasteiger partial charge in [-0.25, -0.2) is 0 Å². The highest BCUT2D eigenvalue weighted by molar-refractivity contribution is 6.06. The van der Waals surface area contributed by atoms with Gasteiger partial charge in [-0.2, -0.15) is 0 Å². The van der Waals surface area contributed by atoms with Gasteiger partial charge in [-0.15, -0.1) is 0 Å². The maximum atomic E-state index is 12.5. The van der Waals surface area contributed by atoms with E-state index in [4.69, 9.17) is 9.47 Å².